The Bertz CT molecular complexity index is 1360. The number of thioether (sulfide) groups is 1. The van der Waals surface area contributed by atoms with E-state index in [0.29, 0.717) is 24.2 Å². The van der Waals surface area contributed by atoms with Crippen LogP contribution in [0.2, 0.25) is 0 Å². The fourth-order valence-electron chi connectivity index (χ4n) is 4.09. The molecule has 1 atom stereocenters. The first-order valence-electron chi connectivity index (χ1n) is 11.0. The van der Waals surface area contributed by atoms with Crippen LogP contribution in [-0.2, 0) is 21.4 Å². The maximum Gasteiger partial charge on any atom is 0.266 e. The van der Waals surface area contributed by atoms with Gasteiger partial charge in [-0.15, -0.1) is 0 Å². The standard InChI is InChI=1S/C24H29N3O3S3/c1-16-7-9-19(10-8-16)33(29,30)27-11-5-6-20(27)23(28)25-24-26(12-13-31-4)21-14-17(2)18(3)15-22(21)32-24/h7-10,14-15,20H,5-6,11-13H2,1-4H3. The van der Waals surface area contributed by atoms with Crippen molar-refractivity contribution in [3.63, 3.8) is 0 Å². The quantitative estimate of drug-likeness (QED) is 0.504. The Morgan fingerprint density at radius 2 is 1.85 bits per heavy atom. The molecule has 0 radical (unpaired) electrons. The van der Waals surface area contributed by atoms with Gasteiger partial charge in [-0.1, -0.05) is 29.0 Å². The van der Waals surface area contributed by atoms with Gasteiger partial charge in [-0.25, -0.2) is 8.42 Å². The third kappa shape index (κ3) is 4.82. The molecular weight excluding hydrogens is 474 g/mol. The van der Waals surface area contributed by atoms with Crippen molar-refractivity contribution in [1.82, 2.24) is 8.87 Å². The summed E-state index contributed by atoms with van der Waals surface area (Å²) in [6.07, 6.45) is 3.19. The number of benzene rings is 2. The highest BCUT2D eigenvalue weighted by Gasteiger charge is 2.39. The Morgan fingerprint density at radius 1 is 1.15 bits per heavy atom. The van der Waals surface area contributed by atoms with Crippen molar-refractivity contribution in [2.75, 3.05) is 18.6 Å². The molecule has 1 amide bonds. The average molecular weight is 504 g/mol. The van der Waals surface area contributed by atoms with Gasteiger partial charge in [0.15, 0.2) is 4.80 Å². The molecule has 3 aromatic rings. The first-order chi connectivity index (χ1) is 15.7. The third-order valence-corrected chi connectivity index (χ3v) is 9.69. The second-order valence-corrected chi connectivity index (χ2v) is 12.4. The summed E-state index contributed by atoms with van der Waals surface area (Å²) in [5.41, 5.74) is 4.45. The number of amides is 1. The van der Waals surface area contributed by atoms with Gasteiger partial charge >= 0.3 is 0 Å². The van der Waals surface area contributed by atoms with Crippen molar-refractivity contribution in [2.24, 2.45) is 4.99 Å². The van der Waals surface area contributed by atoms with Crippen LogP contribution >= 0.6 is 23.1 Å². The number of thiazole rings is 1. The van der Waals surface area contributed by atoms with E-state index in [0.717, 1.165) is 28.1 Å². The molecule has 1 aliphatic rings. The average Bonchev–Trinajstić information content (AvgIpc) is 3.39. The van der Waals surface area contributed by atoms with Crippen molar-refractivity contribution < 1.29 is 13.2 Å². The van der Waals surface area contributed by atoms with Gasteiger partial charge in [0.2, 0.25) is 10.0 Å². The zero-order chi connectivity index (χ0) is 23.8. The highest BCUT2D eigenvalue weighted by Crippen LogP contribution is 2.27. The lowest BCUT2D eigenvalue weighted by Gasteiger charge is -2.21. The van der Waals surface area contributed by atoms with E-state index in [4.69, 9.17) is 0 Å². The van der Waals surface area contributed by atoms with E-state index < -0.39 is 16.1 Å². The minimum Gasteiger partial charge on any atom is -0.316 e. The largest absolute Gasteiger partial charge is 0.316 e. The first kappa shape index (κ1) is 24.2. The number of hydrogen-bond donors (Lipinski definition) is 0. The molecule has 6 nitrogen and oxygen atoms in total. The lowest BCUT2D eigenvalue weighted by atomic mass is 10.1. The number of carbonyl (C=O) groups excluding carboxylic acids is 1. The Kier molecular flexibility index (Phi) is 7.14. The van der Waals surface area contributed by atoms with E-state index >= 15 is 0 Å². The van der Waals surface area contributed by atoms with Crippen molar-refractivity contribution in [2.45, 2.75) is 51.1 Å². The number of fused-ring (bicyclic) bond motifs is 1. The summed E-state index contributed by atoms with van der Waals surface area (Å²) in [5, 5.41) is 0. The molecule has 0 bridgehead atoms. The normalized spacial score (nSPS) is 17.8. The van der Waals surface area contributed by atoms with Crippen LogP contribution in [0.3, 0.4) is 0 Å². The summed E-state index contributed by atoms with van der Waals surface area (Å²) >= 11 is 3.23. The molecule has 2 heterocycles. The minimum absolute atomic E-state index is 0.218. The second-order valence-electron chi connectivity index (χ2n) is 8.47. The molecule has 1 aromatic heterocycles. The topological polar surface area (TPSA) is 71.7 Å². The lowest BCUT2D eigenvalue weighted by Crippen LogP contribution is -2.40. The van der Waals surface area contributed by atoms with E-state index in [-0.39, 0.29) is 10.8 Å². The predicted molar refractivity (Wildman–Crippen MR) is 136 cm³/mol. The van der Waals surface area contributed by atoms with Gasteiger partial charge in [-0.3, -0.25) is 4.79 Å². The molecule has 1 aliphatic heterocycles. The summed E-state index contributed by atoms with van der Waals surface area (Å²) in [6.45, 7) is 7.15. The predicted octanol–water partition coefficient (Wildman–Crippen LogP) is 4.27. The summed E-state index contributed by atoms with van der Waals surface area (Å²) in [6, 6.07) is 10.3. The van der Waals surface area contributed by atoms with E-state index in [1.165, 1.54) is 26.8 Å². The fraction of sp³-hybridized carbons (Fsp3) is 0.417. The Hall–Kier alpha value is -1.94. The molecule has 0 aliphatic carbocycles. The van der Waals surface area contributed by atoms with Crippen LogP contribution in [-0.4, -0.2) is 47.8 Å². The fourth-order valence-corrected chi connectivity index (χ4v) is 7.25. The smallest absolute Gasteiger partial charge is 0.266 e. The molecule has 0 N–H and O–H groups in total. The van der Waals surface area contributed by atoms with Gasteiger partial charge in [0.1, 0.15) is 6.04 Å². The number of nitrogens with zero attached hydrogens (tertiary/aromatic N) is 3. The minimum atomic E-state index is -3.76. The summed E-state index contributed by atoms with van der Waals surface area (Å²) < 4.78 is 31.0. The maximum absolute atomic E-state index is 13.3. The Balaban J connectivity index is 1.73. The number of sulfonamides is 1. The van der Waals surface area contributed by atoms with Gasteiger partial charge in [0.05, 0.1) is 15.1 Å². The van der Waals surface area contributed by atoms with E-state index in [9.17, 15) is 13.2 Å². The van der Waals surface area contributed by atoms with Gasteiger partial charge in [0, 0.05) is 18.8 Å². The molecule has 33 heavy (non-hydrogen) atoms. The highest BCUT2D eigenvalue weighted by molar-refractivity contribution is 7.98. The SMILES string of the molecule is CSCCn1c(=NC(=O)C2CCCN2S(=O)(=O)c2ccc(C)cc2)sc2cc(C)c(C)cc21. The number of aromatic nitrogens is 1. The summed E-state index contributed by atoms with van der Waals surface area (Å²) in [5.74, 6) is 0.512. The van der Waals surface area contributed by atoms with Gasteiger partial charge in [-0.05, 0) is 75.3 Å². The van der Waals surface area contributed by atoms with Crippen molar-refractivity contribution in [1.29, 1.82) is 0 Å². The first-order valence-corrected chi connectivity index (χ1v) is 14.6. The monoisotopic (exact) mass is 503 g/mol. The molecule has 0 spiro atoms. The third-order valence-electron chi connectivity index (χ3n) is 6.14. The van der Waals surface area contributed by atoms with E-state index in [1.807, 2.05) is 6.92 Å². The number of aryl methyl sites for hydroxylation is 4. The Labute approximate surface area is 203 Å². The molecule has 1 unspecified atom stereocenters. The Morgan fingerprint density at radius 3 is 2.55 bits per heavy atom. The molecular formula is C24H29N3O3S3. The van der Waals surface area contributed by atoms with Crippen LogP contribution in [0, 0.1) is 20.8 Å². The number of carbonyl (C=O) groups is 1. The lowest BCUT2D eigenvalue weighted by molar-refractivity contribution is -0.121. The van der Waals surface area contributed by atoms with Crippen molar-refractivity contribution in [3.8, 4) is 0 Å². The van der Waals surface area contributed by atoms with Crippen LogP contribution in [0.15, 0.2) is 46.3 Å². The molecule has 2 aromatic carbocycles. The molecule has 4 rings (SSSR count). The highest BCUT2D eigenvalue weighted by atomic mass is 32.2. The van der Waals surface area contributed by atoms with Gasteiger partial charge < -0.3 is 4.57 Å². The van der Waals surface area contributed by atoms with Crippen molar-refractivity contribution in [3.05, 3.63) is 57.9 Å². The number of hydrogen-bond acceptors (Lipinski definition) is 5. The van der Waals surface area contributed by atoms with E-state index in [1.54, 1.807) is 36.0 Å². The van der Waals surface area contributed by atoms with Crippen LogP contribution < -0.4 is 4.80 Å². The molecule has 9 heteroatoms. The van der Waals surface area contributed by atoms with Crippen molar-refractivity contribution >= 4 is 49.2 Å². The second kappa shape index (κ2) is 9.74. The van der Waals surface area contributed by atoms with Crippen LogP contribution in [0.1, 0.15) is 29.5 Å². The van der Waals surface area contributed by atoms with Crippen LogP contribution in [0.5, 0.6) is 0 Å². The van der Waals surface area contributed by atoms with E-state index in [2.05, 4.69) is 41.8 Å². The zero-order valence-electron chi connectivity index (χ0n) is 19.4. The molecule has 1 fully saturated rings. The summed E-state index contributed by atoms with van der Waals surface area (Å²) in [7, 11) is -3.76. The maximum atomic E-state index is 13.3. The zero-order valence-corrected chi connectivity index (χ0v) is 21.8. The number of rotatable bonds is 6. The van der Waals surface area contributed by atoms with Crippen LogP contribution in [0.25, 0.3) is 10.2 Å². The van der Waals surface area contributed by atoms with Gasteiger partial charge in [0.25, 0.3) is 5.91 Å². The molecule has 176 valence electrons. The van der Waals surface area contributed by atoms with Crippen LogP contribution in [0.4, 0.5) is 0 Å². The molecule has 0 saturated carbocycles. The van der Waals surface area contributed by atoms with Gasteiger partial charge in [-0.2, -0.15) is 21.1 Å². The molecule has 1 saturated heterocycles. The summed E-state index contributed by atoms with van der Waals surface area (Å²) in [4.78, 5) is 18.6.